The van der Waals surface area contributed by atoms with Crippen LogP contribution in [0.4, 0.5) is 5.69 Å². The molecule has 8 nitrogen and oxygen atoms in total. The first-order valence-electron chi connectivity index (χ1n) is 6.96. The van der Waals surface area contributed by atoms with Crippen LogP contribution in [-0.4, -0.2) is 32.1 Å². The number of hydrogen-bond donors (Lipinski definition) is 2. The quantitative estimate of drug-likeness (QED) is 0.501. The highest BCUT2D eigenvalue weighted by Crippen LogP contribution is 2.25. The number of aryl methyl sites for hydroxylation is 1. The van der Waals surface area contributed by atoms with Crippen LogP contribution in [0.15, 0.2) is 36.4 Å². The molecular weight excluding hydrogens is 384 g/mol. The van der Waals surface area contributed by atoms with Crippen LogP contribution in [0.3, 0.4) is 0 Å². The first-order chi connectivity index (χ1) is 12.2. The molecule has 2 aromatic carbocycles. The lowest BCUT2D eigenvalue weighted by atomic mass is 10.2. The molecule has 0 fully saturated rings. The molecule has 3 aromatic rings. The molecule has 1 aromatic heterocycles. The summed E-state index contributed by atoms with van der Waals surface area (Å²) in [6, 6.07) is 8.30. The number of aromatic carboxylic acids is 2. The van der Waals surface area contributed by atoms with E-state index in [1.807, 2.05) is 6.92 Å². The zero-order valence-electron chi connectivity index (χ0n) is 13.2. The van der Waals surface area contributed by atoms with Gasteiger partial charge in [-0.15, -0.1) is 11.3 Å². The van der Waals surface area contributed by atoms with E-state index in [-0.39, 0.29) is 16.1 Å². The molecule has 0 bridgehead atoms. The third-order valence-corrected chi connectivity index (χ3v) is 4.40. The summed E-state index contributed by atoms with van der Waals surface area (Å²) in [6.45, 7) is 1.91. The van der Waals surface area contributed by atoms with E-state index in [9.17, 15) is 19.7 Å². The van der Waals surface area contributed by atoms with Crippen molar-refractivity contribution in [3.05, 3.63) is 67.7 Å². The van der Waals surface area contributed by atoms with E-state index in [1.165, 1.54) is 12.1 Å². The Kier molecular flexibility index (Phi) is 5.86. The van der Waals surface area contributed by atoms with Gasteiger partial charge in [0.1, 0.15) is 5.02 Å². The summed E-state index contributed by atoms with van der Waals surface area (Å²) < 4.78 is 1.03. The van der Waals surface area contributed by atoms with Crippen LogP contribution >= 0.6 is 22.9 Å². The lowest BCUT2D eigenvalue weighted by Gasteiger charge is -1.96. The highest BCUT2D eigenvalue weighted by molar-refractivity contribution is 7.18. The van der Waals surface area contributed by atoms with Gasteiger partial charge in [-0.2, -0.15) is 0 Å². The molecule has 0 aliphatic rings. The maximum Gasteiger partial charge on any atom is 0.335 e. The second kappa shape index (κ2) is 7.89. The summed E-state index contributed by atoms with van der Waals surface area (Å²) in [5.74, 6) is -2.13. The van der Waals surface area contributed by atoms with E-state index >= 15 is 0 Å². The van der Waals surface area contributed by atoms with Crippen molar-refractivity contribution in [3.63, 3.8) is 0 Å². The number of halogens is 1. The molecule has 0 aliphatic heterocycles. The van der Waals surface area contributed by atoms with Crippen LogP contribution in [0, 0.1) is 17.0 Å². The van der Waals surface area contributed by atoms with Crippen molar-refractivity contribution in [2.45, 2.75) is 6.92 Å². The van der Waals surface area contributed by atoms with Gasteiger partial charge in [0.15, 0.2) is 0 Å². The van der Waals surface area contributed by atoms with Gasteiger partial charge in [0.2, 0.25) is 0 Å². The van der Waals surface area contributed by atoms with Gasteiger partial charge in [0.05, 0.1) is 31.3 Å². The number of rotatable bonds is 3. The van der Waals surface area contributed by atoms with Gasteiger partial charge in [-0.05, 0) is 37.3 Å². The second-order valence-corrected chi connectivity index (χ2v) is 6.59. The summed E-state index contributed by atoms with van der Waals surface area (Å²) in [6.07, 6.45) is 0. The SMILES string of the molecule is Cc1nc2cc(C(=O)O)ccc2s1.O=C(O)c1ccc(Cl)c([N+](=O)[O-])c1. The Morgan fingerprint density at radius 1 is 1.12 bits per heavy atom. The van der Waals surface area contributed by atoms with Crippen LogP contribution in [0.25, 0.3) is 10.2 Å². The summed E-state index contributed by atoms with van der Waals surface area (Å²) >= 11 is 7.03. The zero-order chi connectivity index (χ0) is 19.4. The van der Waals surface area contributed by atoms with Crippen molar-refractivity contribution in [2.24, 2.45) is 0 Å². The van der Waals surface area contributed by atoms with Gasteiger partial charge >= 0.3 is 11.9 Å². The fourth-order valence-electron chi connectivity index (χ4n) is 1.96. The number of hydrogen-bond acceptors (Lipinski definition) is 6. The van der Waals surface area contributed by atoms with Crippen LogP contribution < -0.4 is 0 Å². The Morgan fingerprint density at radius 3 is 2.27 bits per heavy atom. The van der Waals surface area contributed by atoms with E-state index < -0.39 is 22.5 Å². The minimum atomic E-state index is -1.22. The van der Waals surface area contributed by atoms with Crippen molar-refractivity contribution in [1.29, 1.82) is 0 Å². The molecule has 0 radical (unpaired) electrons. The van der Waals surface area contributed by atoms with Gasteiger partial charge < -0.3 is 10.2 Å². The van der Waals surface area contributed by atoms with Crippen LogP contribution in [0.5, 0.6) is 0 Å². The monoisotopic (exact) mass is 394 g/mol. The highest BCUT2D eigenvalue weighted by atomic mass is 35.5. The van der Waals surface area contributed by atoms with E-state index in [0.717, 1.165) is 21.3 Å². The maximum atomic E-state index is 10.6. The number of nitro groups is 1. The third kappa shape index (κ3) is 4.52. The van der Waals surface area contributed by atoms with Gasteiger partial charge in [-0.3, -0.25) is 10.1 Å². The van der Waals surface area contributed by atoms with Crippen molar-refractivity contribution in [1.82, 2.24) is 4.98 Å². The van der Waals surface area contributed by atoms with Crippen LogP contribution in [0.1, 0.15) is 25.7 Å². The topological polar surface area (TPSA) is 131 Å². The van der Waals surface area contributed by atoms with E-state index in [4.69, 9.17) is 21.8 Å². The number of fused-ring (bicyclic) bond motifs is 1. The molecule has 26 heavy (non-hydrogen) atoms. The van der Waals surface area contributed by atoms with E-state index in [1.54, 1.807) is 29.5 Å². The van der Waals surface area contributed by atoms with E-state index in [0.29, 0.717) is 0 Å². The number of nitro benzene ring substituents is 1. The molecule has 1 heterocycles. The van der Waals surface area contributed by atoms with Gasteiger partial charge in [-0.25, -0.2) is 14.6 Å². The van der Waals surface area contributed by atoms with Crippen LogP contribution in [0.2, 0.25) is 5.02 Å². The predicted octanol–water partition coefficient (Wildman–Crippen LogP) is 4.25. The average molecular weight is 395 g/mol. The fourth-order valence-corrected chi connectivity index (χ4v) is 2.96. The minimum absolute atomic E-state index is 0.0741. The Bertz CT molecular complexity index is 1020. The Morgan fingerprint density at radius 2 is 1.69 bits per heavy atom. The third-order valence-electron chi connectivity index (χ3n) is 3.13. The molecule has 10 heteroatoms. The van der Waals surface area contributed by atoms with Gasteiger partial charge in [0, 0.05) is 6.07 Å². The van der Waals surface area contributed by atoms with Crippen molar-refractivity contribution >= 4 is 50.8 Å². The Labute approximate surface area is 155 Å². The normalized spacial score (nSPS) is 10.1. The molecule has 0 saturated carbocycles. The maximum absolute atomic E-state index is 10.6. The molecule has 0 spiro atoms. The molecule has 0 amide bonds. The lowest BCUT2D eigenvalue weighted by Crippen LogP contribution is -1.98. The summed E-state index contributed by atoms with van der Waals surface area (Å²) in [5.41, 5.74) is 0.498. The lowest BCUT2D eigenvalue weighted by molar-refractivity contribution is -0.384. The smallest absolute Gasteiger partial charge is 0.335 e. The number of carboxylic acids is 2. The zero-order valence-corrected chi connectivity index (χ0v) is 14.7. The standard InChI is InChI=1S/C9H7NO2S.C7H4ClNO4/c1-5-10-7-4-6(9(11)12)2-3-8(7)13-5;8-5-2-1-4(7(10)11)3-6(5)9(12)13/h2-4H,1H3,(H,11,12);1-3H,(H,10,11). The van der Waals surface area contributed by atoms with E-state index in [2.05, 4.69) is 4.98 Å². The number of benzene rings is 2. The molecule has 0 unspecified atom stereocenters. The Hall–Kier alpha value is -3.04. The van der Waals surface area contributed by atoms with Crippen molar-refractivity contribution < 1.29 is 24.7 Å². The highest BCUT2D eigenvalue weighted by Gasteiger charge is 2.15. The molecule has 0 aliphatic carbocycles. The molecule has 134 valence electrons. The molecule has 0 saturated heterocycles. The average Bonchev–Trinajstić information content (AvgIpc) is 2.94. The predicted molar refractivity (Wildman–Crippen MR) is 96.4 cm³/mol. The first-order valence-corrected chi connectivity index (χ1v) is 8.16. The largest absolute Gasteiger partial charge is 0.478 e. The molecule has 3 rings (SSSR count). The van der Waals surface area contributed by atoms with Gasteiger partial charge in [0.25, 0.3) is 5.69 Å². The summed E-state index contributed by atoms with van der Waals surface area (Å²) in [7, 11) is 0. The Balaban J connectivity index is 0.000000187. The number of nitrogens with zero attached hydrogens (tertiary/aromatic N) is 2. The first kappa shape index (κ1) is 19.3. The van der Waals surface area contributed by atoms with Crippen LogP contribution in [-0.2, 0) is 0 Å². The summed E-state index contributed by atoms with van der Waals surface area (Å²) in [4.78, 5) is 34.9. The fraction of sp³-hybridized carbons (Fsp3) is 0.0625. The number of aromatic nitrogens is 1. The number of thiazole rings is 1. The molecular formula is C16H11ClN2O6S. The molecule has 2 N–H and O–H groups in total. The second-order valence-electron chi connectivity index (χ2n) is 4.95. The van der Waals surface area contributed by atoms with Gasteiger partial charge in [-0.1, -0.05) is 11.6 Å². The summed E-state index contributed by atoms with van der Waals surface area (Å²) in [5, 5.41) is 28.4. The van der Waals surface area contributed by atoms with Crippen molar-refractivity contribution in [2.75, 3.05) is 0 Å². The van der Waals surface area contributed by atoms with Crippen molar-refractivity contribution in [3.8, 4) is 0 Å². The number of carboxylic acid groups (broad SMARTS) is 2. The minimum Gasteiger partial charge on any atom is -0.478 e. The number of carbonyl (C=O) groups is 2. The molecule has 0 atom stereocenters.